The second kappa shape index (κ2) is 13.8. The van der Waals surface area contributed by atoms with E-state index in [1.807, 2.05) is 42.5 Å². The number of methoxy groups -OCH3 is 2. The number of aliphatic hydroxyl groups excluding tert-OH is 1. The van der Waals surface area contributed by atoms with Gasteiger partial charge in [0.1, 0.15) is 11.5 Å². The quantitative estimate of drug-likeness (QED) is 0.269. The summed E-state index contributed by atoms with van der Waals surface area (Å²) in [5.41, 5.74) is 1.70. The van der Waals surface area contributed by atoms with E-state index >= 15 is 0 Å². The van der Waals surface area contributed by atoms with Crippen LogP contribution in [0.5, 0.6) is 11.5 Å². The molecule has 204 valence electrons. The highest BCUT2D eigenvalue weighted by molar-refractivity contribution is 7.99. The van der Waals surface area contributed by atoms with E-state index in [0.717, 1.165) is 71.1 Å². The molecule has 38 heavy (non-hydrogen) atoms. The predicted octanol–water partition coefficient (Wildman–Crippen LogP) is 5.66. The van der Waals surface area contributed by atoms with Crippen molar-refractivity contribution in [1.82, 2.24) is 9.88 Å². The van der Waals surface area contributed by atoms with Gasteiger partial charge in [-0.2, -0.15) is 0 Å². The van der Waals surface area contributed by atoms with E-state index in [0.29, 0.717) is 24.7 Å². The maximum Gasteiger partial charge on any atom is 0.303 e. The number of pyridine rings is 1. The number of nitrogens with zero attached hydrogens (tertiary/aromatic N) is 2. The lowest BCUT2D eigenvalue weighted by atomic mass is 9.79. The van der Waals surface area contributed by atoms with Gasteiger partial charge < -0.3 is 24.6 Å². The van der Waals surface area contributed by atoms with Gasteiger partial charge in [0.15, 0.2) is 0 Å². The molecule has 7 nitrogen and oxygen atoms in total. The SMILES string of the molecule is COc1ccc2nccc(C(O)CC[C@@H]3CCN(CCSc4ccccc4OC)C[C@@H]3CCC(=O)O)c2c1. The number of aromatic nitrogens is 1. The molecule has 0 amide bonds. The van der Waals surface area contributed by atoms with Crippen molar-refractivity contribution in [2.24, 2.45) is 11.8 Å². The van der Waals surface area contributed by atoms with E-state index in [-0.39, 0.29) is 6.42 Å². The van der Waals surface area contributed by atoms with E-state index in [9.17, 15) is 15.0 Å². The molecule has 1 aliphatic heterocycles. The Morgan fingerprint density at radius 3 is 2.76 bits per heavy atom. The summed E-state index contributed by atoms with van der Waals surface area (Å²) in [5, 5.41) is 21.4. The number of hydrogen-bond donors (Lipinski definition) is 2. The lowest BCUT2D eigenvalue weighted by molar-refractivity contribution is -0.137. The van der Waals surface area contributed by atoms with Crippen molar-refractivity contribution < 1.29 is 24.5 Å². The Morgan fingerprint density at radius 1 is 1.13 bits per heavy atom. The number of rotatable bonds is 13. The second-order valence-electron chi connectivity index (χ2n) is 9.92. The number of aliphatic carboxylic acids is 1. The average molecular weight is 539 g/mol. The van der Waals surface area contributed by atoms with E-state index in [2.05, 4.69) is 16.0 Å². The lowest BCUT2D eigenvalue weighted by Gasteiger charge is -2.39. The molecule has 3 atom stereocenters. The third-order valence-corrected chi connectivity index (χ3v) is 8.63. The van der Waals surface area contributed by atoms with Crippen molar-refractivity contribution in [3.8, 4) is 11.5 Å². The minimum Gasteiger partial charge on any atom is -0.497 e. The Bertz CT molecular complexity index is 1210. The van der Waals surface area contributed by atoms with Gasteiger partial charge in [0, 0.05) is 41.7 Å². The molecule has 3 aromatic rings. The molecular weight excluding hydrogens is 500 g/mol. The number of fused-ring (bicyclic) bond motifs is 1. The zero-order chi connectivity index (χ0) is 26.9. The molecule has 0 spiro atoms. The Morgan fingerprint density at radius 2 is 1.97 bits per heavy atom. The molecule has 2 aromatic carbocycles. The largest absolute Gasteiger partial charge is 0.497 e. The van der Waals surface area contributed by atoms with Crippen molar-refractivity contribution in [3.63, 3.8) is 0 Å². The molecule has 0 aliphatic carbocycles. The van der Waals surface area contributed by atoms with E-state index in [1.165, 1.54) is 0 Å². The fourth-order valence-corrected chi connectivity index (χ4v) is 6.53. The van der Waals surface area contributed by atoms with Crippen LogP contribution in [0.3, 0.4) is 0 Å². The zero-order valence-electron chi connectivity index (χ0n) is 22.2. The molecule has 1 aromatic heterocycles. The van der Waals surface area contributed by atoms with Crippen LogP contribution in [0.25, 0.3) is 10.9 Å². The number of thioether (sulfide) groups is 1. The molecule has 1 unspecified atom stereocenters. The first-order valence-corrected chi connectivity index (χ1v) is 14.3. The fraction of sp³-hybridized carbons (Fsp3) is 0.467. The third kappa shape index (κ3) is 7.40. The van der Waals surface area contributed by atoms with Crippen molar-refractivity contribution in [2.45, 2.75) is 43.1 Å². The first kappa shape index (κ1) is 28.2. The summed E-state index contributed by atoms with van der Waals surface area (Å²) in [7, 11) is 3.33. The fourth-order valence-electron chi connectivity index (χ4n) is 5.49. The number of hydrogen-bond acceptors (Lipinski definition) is 7. The Labute approximate surface area is 229 Å². The highest BCUT2D eigenvalue weighted by Gasteiger charge is 2.30. The van der Waals surface area contributed by atoms with Gasteiger partial charge in [0.25, 0.3) is 0 Å². The highest BCUT2D eigenvalue weighted by atomic mass is 32.2. The number of para-hydroxylation sites is 1. The van der Waals surface area contributed by atoms with Gasteiger partial charge in [-0.25, -0.2) is 0 Å². The van der Waals surface area contributed by atoms with Gasteiger partial charge in [-0.3, -0.25) is 9.78 Å². The maximum atomic E-state index is 11.4. The van der Waals surface area contributed by atoms with Crippen molar-refractivity contribution in [2.75, 3.05) is 39.6 Å². The number of piperidine rings is 1. The number of ether oxygens (including phenoxy) is 2. The van der Waals surface area contributed by atoms with Gasteiger partial charge in [0.05, 0.1) is 25.8 Å². The van der Waals surface area contributed by atoms with E-state index < -0.39 is 12.1 Å². The van der Waals surface area contributed by atoms with Gasteiger partial charge in [-0.15, -0.1) is 11.8 Å². The summed E-state index contributed by atoms with van der Waals surface area (Å²) in [6.45, 7) is 2.84. The minimum atomic E-state index is -0.746. The molecule has 1 saturated heterocycles. The van der Waals surface area contributed by atoms with E-state index in [4.69, 9.17) is 9.47 Å². The molecule has 0 bridgehead atoms. The van der Waals surface area contributed by atoms with Crippen LogP contribution in [-0.2, 0) is 4.79 Å². The number of carboxylic acid groups (broad SMARTS) is 1. The predicted molar refractivity (Wildman–Crippen MR) is 151 cm³/mol. The Hall–Kier alpha value is -2.81. The number of aliphatic hydroxyl groups is 1. The Balaban J connectivity index is 1.35. The van der Waals surface area contributed by atoms with Crippen molar-refractivity contribution in [1.29, 1.82) is 0 Å². The van der Waals surface area contributed by atoms with Gasteiger partial charge in [-0.05, 0) is 86.0 Å². The van der Waals surface area contributed by atoms with Crippen LogP contribution in [0.15, 0.2) is 59.6 Å². The van der Waals surface area contributed by atoms with Crippen LogP contribution >= 0.6 is 11.8 Å². The van der Waals surface area contributed by atoms with E-state index in [1.54, 1.807) is 32.2 Å². The number of carboxylic acids is 1. The first-order valence-electron chi connectivity index (χ1n) is 13.3. The monoisotopic (exact) mass is 538 g/mol. The molecule has 1 fully saturated rings. The van der Waals surface area contributed by atoms with Crippen LogP contribution in [-0.4, -0.2) is 65.7 Å². The third-order valence-electron chi connectivity index (χ3n) is 7.59. The highest BCUT2D eigenvalue weighted by Crippen LogP contribution is 2.36. The van der Waals surface area contributed by atoms with Crippen LogP contribution in [0.4, 0.5) is 0 Å². The zero-order valence-corrected chi connectivity index (χ0v) is 23.0. The summed E-state index contributed by atoms with van der Waals surface area (Å²) in [5.74, 6) is 2.54. The van der Waals surface area contributed by atoms with Gasteiger partial charge in [0.2, 0.25) is 0 Å². The molecule has 0 radical (unpaired) electrons. The Kier molecular flexibility index (Phi) is 10.3. The summed E-state index contributed by atoms with van der Waals surface area (Å²) in [4.78, 5) is 19.4. The number of carbonyl (C=O) groups is 1. The summed E-state index contributed by atoms with van der Waals surface area (Å²) >= 11 is 1.79. The van der Waals surface area contributed by atoms with Crippen molar-refractivity contribution >= 4 is 28.6 Å². The first-order chi connectivity index (χ1) is 18.5. The average Bonchev–Trinajstić information content (AvgIpc) is 2.94. The lowest BCUT2D eigenvalue weighted by Crippen LogP contribution is -2.41. The molecule has 2 heterocycles. The van der Waals surface area contributed by atoms with Gasteiger partial charge >= 0.3 is 5.97 Å². The number of likely N-dealkylation sites (tertiary alicyclic amines) is 1. The summed E-state index contributed by atoms with van der Waals surface area (Å²) < 4.78 is 10.8. The van der Waals surface area contributed by atoms with Crippen LogP contribution in [0.2, 0.25) is 0 Å². The molecule has 8 heteroatoms. The normalized spacial score (nSPS) is 18.8. The van der Waals surface area contributed by atoms with Crippen LogP contribution < -0.4 is 9.47 Å². The molecular formula is C30H38N2O5S. The number of benzene rings is 2. The van der Waals surface area contributed by atoms with Crippen molar-refractivity contribution in [3.05, 3.63) is 60.3 Å². The van der Waals surface area contributed by atoms with Gasteiger partial charge in [-0.1, -0.05) is 12.1 Å². The standard InChI is InChI=1S/C30H38N2O5S/c1-36-23-9-10-26-25(19-23)24(13-15-31-26)27(33)11-7-21-14-16-32(20-22(21)8-12-30(34)35)17-18-38-29-6-4-3-5-28(29)37-2/h3-6,9-10,13,15,19,21-22,27,33H,7-8,11-12,14,16-18,20H2,1-2H3,(H,34,35)/t21-,22+,27?/m1/s1. The maximum absolute atomic E-state index is 11.4. The minimum absolute atomic E-state index is 0.183. The summed E-state index contributed by atoms with van der Waals surface area (Å²) in [6.07, 6.45) is 4.50. The molecule has 0 saturated carbocycles. The van der Waals surface area contributed by atoms with Crippen LogP contribution in [0.1, 0.15) is 43.8 Å². The molecule has 4 rings (SSSR count). The topological polar surface area (TPSA) is 92.1 Å². The van der Waals surface area contributed by atoms with Crippen LogP contribution in [0, 0.1) is 11.8 Å². The molecule has 2 N–H and O–H groups in total. The smallest absolute Gasteiger partial charge is 0.303 e. The second-order valence-corrected chi connectivity index (χ2v) is 11.1. The summed E-state index contributed by atoms with van der Waals surface area (Å²) in [6, 6.07) is 15.7. The molecule has 1 aliphatic rings.